The summed E-state index contributed by atoms with van der Waals surface area (Å²) in [5.74, 6) is 0. The molecule has 1 N–H and O–H groups in total. The molecule has 3 nitrogen and oxygen atoms in total. The van der Waals surface area contributed by atoms with E-state index in [1.165, 1.54) is 18.5 Å². The number of rotatable bonds is 5. The average Bonchev–Trinajstić information content (AvgIpc) is 2.60. The molecule has 0 amide bonds. The SMILES string of the molecule is CCC(CC)NC(C)c1ccnn1C. The van der Waals surface area contributed by atoms with Crippen LogP contribution < -0.4 is 5.32 Å². The van der Waals surface area contributed by atoms with Crippen molar-refractivity contribution in [2.24, 2.45) is 7.05 Å². The van der Waals surface area contributed by atoms with Crippen molar-refractivity contribution in [2.45, 2.75) is 45.7 Å². The molecule has 0 saturated carbocycles. The van der Waals surface area contributed by atoms with E-state index in [-0.39, 0.29) is 0 Å². The van der Waals surface area contributed by atoms with Crippen LogP contribution in [0.5, 0.6) is 0 Å². The summed E-state index contributed by atoms with van der Waals surface area (Å²) in [5, 5.41) is 7.77. The third-order valence-corrected chi connectivity index (χ3v) is 2.77. The van der Waals surface area contributed by atoms with Crippen LogP contribution >= 0.6 is 0 Å². The number of hydrogen-bond donors (Lipinski definition) is 1. The summed E-state index contributed by atoms with van der Waals surface area (Å²) in [6.07, 6.45) is 4.21. The van der Waals surface area contributed by atoms with E-state index in [4.69, 9.17) is 0 Å². The largest absolute Gasteiger partial charge is 0.306 e. The van der Waals surface area contributed by atoms with Crippen molar-refractivity contribution in [1.82, 2.24) is 15.1 Å². The lowest BCUT2D eigenvalue weighted by molar-refractivity contribution is 0.418. The number of aryl methyl sites for hydroxylation is 1. The summed E-state index contributed by atoms with van der Waals surface area (Å²) in [6.45, 7) is 6.63. The molecule has 0 aliphatic heterocycles. The quantitative estimate of drug-likeness (QED) is 0.781. The van der Waals surface area contributed by atoms with E-state index in [0.29, 0.717) is 12.1 Å². The fraction of sp³-hybridized carbons (Fsp3) is 0.727. The van der Waals surface area contributed by atoms with Gasteiger partial charge in [-0.05, 0) is 25.8 Å². The Morgan fingerprint density at radius 3 is 2.50 bits per heavy atom. The predicted octanol–water partition coefficient (Wildman–Crippen LogP) is 2.26. The van der Waals surface area contributed by atoms with Gasteiger partial charge in [-0.15, -0.1) is 0 Å². The van der Waals surface area contributed by atoms with E-state index < -0.39 is 0 Å². The second-order valence-electron chi connectivity index (χ2n) is 3.78. The molecular formula is C11H21N3. The molecule has 0 radical (unpaired) electrons. The van der Waals surface area contributed by atoms with E-state index in [9.17, 15) is 0 Å². The Labute approximate surface area is 86.5 Å². The minimum atomic E-state index is 0.382. The summed E-state index contributed by atoms with van der Waals surface area (Å²) in [6, 6.07) is 3.06. The van der Waals surface area contributed by atoms with E-state index in [1.807, 2.05) is 17.9 Å². The summed E-state index contributed by atoms with van der Waals surface area (Å²) in [5.41, 5.74) is 1.25. The maximum Gasteiger partial charge on any atom is 0.0547 e. The van der Waals surface area contributed by atoms with Crippen LogP contribution in [0.4, 0.5) is 0 Å². The van der Waals surface area contributed by atoms with Gasteiger partial charge in [0.25, 0.3) is 0 Å². The number of nitrogens with one attached hydrogen (secondary N) is 1. The van der Waals surface area contributed by atoms with Crippen LogP contribution in [-0.2, 0) is 7.05 Å². The first-order chi connectivity index (χ1) is 6.69. The molecule has 3 heteroatoms. The van der Waals surface area contributed by atoms with E-state index in [2.05, 4.69) is 37.3 Å². The molecule has 1 rings (SSSR count). The second-order valence-corrected chi connectivity index (χ2v) is 3.78. The normalized spacial score (nSPS) is 13.5. The van der Waals surface area contributed by atoms with Gasteiger partial charge in [-0.2, -0.15) is 5.10 Å². The minimum absolute atomic E-state index is 0.382. The van der Waals surface area contributed by atoms with Gasteiger partial charge in [0.1, 0.15) is 0 Å². The lowest BCUT2D eigenvalue weighted by Gasteiger charge is -2.21. The molecule has 1 aromatic rings. The van der Waals surface area contributed by atoms with Gasteiger partial charge in [-0.25, -0.2) is 0 Å². The predicted molar refractivity (Wildman–Crippen MR) is 59.1 cm³/mol. The van der Waals surface area contributed by atoms with Crippen LogP contribution in [0.25, 0.3) is 0 Å². The number of aromatic nitrogens is 2. The van der Waals surface area contributed by atoms with Crippen molar-refractivity contribution in [3.63, 3.8) is 0 Å². The lowest BCUT2D eigenvalue weighted by Crippen LogP contribution is -2.31. The Bertz CT molecular complexity index is 263. The Hall–Kier alpha value is -0.830. The molecule has 1 atom stereocenters. The molecule has 1 aromatic heterocycles. The molecule has 0 aliphatic carbocycles. The Balaban J connectivity index is 2.58. The molecule has 0 aromatic carbocycles. The lowest BCUT2D eigenvalue weighted by atomic mass is 10.1. The van der Waals surface area contributed by atoms with Crippen molar-refractivity contribution >= 4 is 0 Å². The van der Waals surface area contributed by atoms with E-state index >= 15 is 0 Å². The third kappa shape index (κ3) is 2.58. The first-order valence-corrected chi connectivity index (χ1v) is 5.43. The van der Waals surface area contributed by atoms with E-state index in [1.54, 1.807) is 0 Å². The topological polar surface area (TPSA) is 29.9 Å². The number of hydrogen-bond acceptors (Lipinski definition) is 2. The average molecular weight is 195 g/mol. The molecule has 0 aliphatic rings. The van der Waals surface area contributed by atoms with Crippen molar-refractivity contribution in [3.8, 4) is 0 Å². The molecule has 0 spiro atoms. The van der Waals surface area contributed by atoms with Crippen LogP contribution in [-0.4, -0.2) is 15.8 Å². The Morgan fingerprint density at radius 1 is 1.43 bits per heavy atom. The zero-order chi connectivity index (χ0) is 10.6. The smallest absolute Gasteiger partial charge is 0.0547 e. The van der Waals surface area contributed by atoms with Gasteiger partial charge >= 0.3 is 0 Å². The standard InChI is InChI=1S/C11H21N3/c1-5-10(6-2)13-9(3)11-7-8-12-14(11)4/h7-10,13H,5-6H2,1-4H3. The van der Waals surface area contributed by atoms with Gasteiger partial charge in [-0.1, -0.05) is 13.8 Å². The molecule has 1 unspecified atom stereocenters. The molecule has 14 heavy (non-hydrogen) atoms. The van der Waals surface area contributed by atoms with Crippen LogP contribution in [0, 0.1) is 0 Å². The summed E-state index contributed by atoms with van der Waals surface area (Å²) in [7, 11) is 1.99. The van der Waals surface area contributed by atoms with Gasteiger partial charge in [0.15, 0.2) is 0 Å². The fourth-order valence-corrected chi connectivity index (χ4v) is 1.77. The molecule has 0 fully saturated rings. The highest BCUT2D eigenvalue weighted by Gasteiger charge is 2.12. The maximum absolute atomic E-state index is 4.17. The highest BCUT2D eigenvalue weighted by molar-refractivity contribution is 5.05. The van der Waals surface area contributed by atoms with Gasteiger partial charge in [0.2, 0.25) is 0 Å². The molecule has 0 saturated heterocycles. The monoisotopic (exact) mass is 195 g/mol. The van der Waals surface area contributed by atoms with Crippen molar-refractivity contribution in [3.05, 3.63) is 18.0 Å². The zero-order valence-corrected chi connectivity index (χ0v) is 9.62. The summed E-state index contributed by atoms with van der Waals surface area (Å²) >= 11 is 0. The van der Waals surface area contributed by atoms with Gasteiger partial charge in [0, 0.05) is 25.3 Å². The highest BCUT2D eigenvalue weighted by Crippen LogP contribution is 2.12. The van der Waals surface area contributed by atoms with Gasteiger partial charge in [0.05, 0.1) is 5.69 Å². The van der Waals surface area contributed by atoms with Crippen LogP contribution in [0.1, 0.15) is 45.3 Å². The zero-order valence-electron chi connectivity index (χ0n) is 9.62. The van der Waals surface area contributed by atoms with Gasteiger partial charge < -0.3 is 5.32 Å². The summed E-state index contributed by atoms with van der Waals surface area (Å²) < 4.78 is 1.93. The minimum Gasteiger partial charge on any atom is -0.306 e. The Kier molecular flexibility index (Phi) is 4.14. The Morgan fingerprint density at radius 2 is 2.07 bits per heavy atom. The van der Waals surface area contributed by atoms with Crippen LogP contribution in [0.3, 0.4) is 0 Å². The summed E-state index contributed by atoms with van der Waals surface area (Å²) in [4.78, 5) is 0. The van der Waals surface area contributed by atoms with Crippen molar-refractivity contribution in [1.29, 1.82) is 0 Å². The fourth-order valence-electron chi connectivity index (χ4n) is 1.77. The van der Waals surface area contributed by atoms with Gasteiger partial charge in [-0.3, -0.25) is 4.68 Å². The molecule has 0 bridgehead atoms. The van der Waals surface area contributed by atoms with Crippen molar-refractivity contribution in [2.75, 3.05) is 0 Å². The van der Waals surface area contributed by atoms with Crippen LogP contribution in [0.2, 0.25) is 0 Å². The first kappa shape index (κ1) is 11.2. The second kappa shape index (κ2) is 5.15. The highest BCUT2D eigenvalue weighted by atomic mass is 15.3. The first-order valence-electron chi connectivity index (χ1n) is 5.43. The number of nitrogens with zero attached hydrogens (tertiary/aromatic N) is 2. The van der Waals surface area contributed by atoms with Crippen molar-refractivity contribution < 1.29 is 0 Å². The molecule has 1 heterocycles. The third-order valence-electron chi connectivity index (χ3n) is 2.77. The molecular weight excluding hydrogens is 174 g/mol. The maximum atomic E-state index is 4.17. The van der Waals surface area contributed by atoms with E-state index in [0.717, 1.165) is 0 Å². The van der Waals surface area contributed by atoms with Crippen LogP contribution in [0.15, 0.2) is 12.3 Å². The molecule has 80 valence electrons.